The van der Waals surface area contributed by atoms with Crippen molar-refractivity contribution in [2.75, 3.05) is 5.32 Å². The van der Waals surface area contributed by atoms with E-state index in [1.54, 1.807) is 0 Å². The molecule has 2 aromatic heterocycles. The van der Waals surface area contributed by atoms with Crippen LogP contribution in [-0.4, -0.2) is 21.2 Å². The lowest BCUT2D eigenvalue weighted by Crippen LogP contribution is -2.19. The maximum Gasteiger partial charge on any atom is 0.314 e. The van der Waals surface area contributed by atoms with Crippen LogP contribution in [0.5, 0.6) is 0 Å². The molecule has 1 saturated carbocycles. The van der Waals surface area contributed by atoms with E-state index in [2.05, 4.69) is 41.7 Å². The predicted molar refractivity (Wildman–Crippen MR) is 148 cm³/mol. The molecule has 0 spiro atoms. The molecule has 0 radical (unpaired) electrons. The van der Waals surface area contributed by atoms with E-state index >= 15 is 0 Å². The van der Waals surface area contributed by atoms with Crippen LogP contribution < -0.4 is 5.32 Å². The van der Waals surface area contributed by atoms with Gasteiger partial charge in [-0.1, -0.05) is 89.6 Å². The average Bonchev–Trinajstić information content (AvgIpc) is 3.69. The Morgan fingerprint density at radius 1 is 0.816 bits per heavy atom. The van der Waals surface area contributed by atoms with Crippen LogP contribution in [0, 0.1) is 13.8 Å². The van der Waals surface area contributed by atoms with Crippen LogP contribution >= 0.6 is 0 Å². The molecule has 1 aliphatic carbocycles. The van der Waals surface area contributed by atoms with E-state index in [1.807, 2.05) is 73.7 Å². The zero-order valence-corrected chi connectivity index (χ0v) is 21.2. The summed E-state index contributed by atoms with van der Waals surface area (Å²) in [4.78, 5) is 16.4. The monoisotopic (exact) mass is 501 g/mol. The third-order valence-corrected chi connectivity index (χ3v) is 7.30. The fourth-order valence-electron chi connectivity index (χ4n) is 4.79. The van der Waals surface area contributed by atoms with E-state index in [0.29, 0.717) is 30.1 Å². The molecule has 0 aliphatic heterocycles. The first-order valence-corrected chi connectivity index (χ1v) is 12.7. The van der Waals surface area contributed by atoms with Crippen molar-refractivity contribution in [2.24, 2.45) is 0 Å². The van der Waals surface area contributed by atoms with Crippen LogP contribution in [0.3, 0.4) is 0 Å². The first kappa shape index (κ1) is 23.7. The molecule has 6 rings (SSSR count). The number of pyridine rings is 1. The molecule has 1 aliphatic rings. The van der Waals surface area contributed by atoms with Gasteiger partial charge in [0.1, 0.15) is 17.2 Å². The second kappa shape index (κ2) is 9.30. The number of carbonyl (C=O) groups is 1. The topological polar surface area (TPSA) is 88.2 Å². The number of hydrogen-bond acceptors (Lipinski definition) is 5. The lowest BCUT2D eigenvalue weighted by Gasteiger charge is -2.11. The van der Waals surface area contributed by atoms with Crippen LogP contribution in [0.15, 0.2) is 95.5 Å². The second-order valence-electron chi connectivity index (χ2n) is 9.90. The van der Waals surface area contributed by atoms with Crippen LogP contribution in [0.1, 0.15) is 29.7 Å². The molecule has 5 aromatic rings. The normalized spacial score (nSPS) is 13.7. The van der Waals surface area contributed by atoms with Crippen molar-refractivity contribution in [3.8, 4) is 33.6 Å². The Morgan fingerprint density at radius 2 is 1.42 bits per heavy atom. The van der Waals surface area contributed by atoms with Crippen molar-refractivity contribution >= 4 is 17.5 Å². The Hall–Kier alpha value is -4.71. The number of aliphatic carboxylic acids is 1. The molecule has 6 heteroatoms. The predicted octanol–water partition coefficient (Wildman–Crippen LogP) is 7.55. The number of carboxylic acid groups (broad SMARTS) is 1. The van der Waals surface area contributed by atoms with Gasteiger partial charge in [-0.2, -0.15) is 0 Å². The van der Waals surface area contributed by atoms with Gasteiger partial charge in [0.25, 0.3) is 0 Å². The van der Waals surface area contributed by atoms with Gasteiger partial charge >= 0.3 is 5.97 Å². The van der Waals surface area contributed by atoms with E-state index in [9.17, 15) is 9.90 Å². The Labute approximate surface area is 221 Å². The third-order valence-electron chi connectivity index (χ3n) is 7.30. The number of aromatic nitrogens is 2. The maximum atomic E-state index is 11.6. The van der Waals surface area contributed by atoms with Crippen LogP contribution in [0.4, 0.5) is 11.5 Å². The largest absolute Gasteiger partial charge is 0.481 e. The van der Waals surface area contributed by atoms with E-state index in [1.165, 1.54) is 5.56 Å². The van der Waals surface area contributed by atoms with Gasteiger partial charge in [-0.25, -0.2) is 4.98 Å². The molecule has 2 heterocycles. The van der Waals surface area contributed by atoms with Gasteiger partial charge in [0.2, 0.25) is 0 Å². The van der Waals surface area contributed by atoms with Crippen molar-refractivity contribution in [3.05, 3.63) is 108 Å². The minimum absolute atomic E-state index is 0.676. The highest BCUT2D eigenvalue weighted by Crippen LogP contribution is 2.48. The summed E-state index contributed by atoms with van der Waals surface area (Å²) in [7, 11) is 0. The van der Waals surface area contributed by atoms with Crippen LogP contribution in [0.2, 0.25) is 0 Å². The molecular formula is C32H27N3O3. The average molecular weight is 502 g/mol. The van der Waals surface area contributed by atoms with Gasteiger partial charge in [0.05, 0.1) is 11.1 Å². The maximum absolute atomic E-state index is 11.6. The summed E-state index contributed by atoms with van der Waals surface area (Å²) in [5.74, 6) is 0.649. The smallest absolute Gasteiger partial charge is 0.314 e. The summed E-state index contributed by atoms with van der Waals surface area (Å²) in [5, 5.41) is 17.3. The van der Waals surface area contributed by atoms with Crippen molar-refractivity contribution in [2.45, 2.75) is 32.1 Å². The van der Waals surface area contributed by atoms with E-state index < -0.39 is 11.4 Å². The van der Waals surface area contributed by atoms with Gasteiger partial charge in [0, 0.05) is 11.1 Å². The number of hydrogen-bond donors (Lipinski definition) is 2. The number of aryl methyl sites for hydroxylation is 2. The van der Waals surface area contributed by atoms with Crippen molar-refractivity contribution < 1.29 is 14.4 Å². The number of nitrogens with one attached hydrogen (secondary N) is 1. The van der Waals surface area contributed by atoms with Crippen LogP contribution in [-0.2, 0) is 10.2 Å². The van der Waals surface area contributed by atoms with Gasteiger partial charge < -0.3 is 14.9 Å². The lowest BCUT2D eigenvalue weighted by molar-refractivity contribution is -0.140. The molecule has 0 bridgehead atoms. The molecule has 0 amide bonds. The molecular weight excluding hydrogens is 474 g/mol. The zero-order valence-electron chi connectivity index (χ0n) is 21.2. The van der Waals surface area contributed by atoms with Gasteiger partial charge in [-0.15, -0.1) is 0 Å². The third kappa shape index (κ3) is 4.34. The van der Waals surface area contributed by atoms with E-state index in [-0.39, 0.29) is 0 Å². The first-order chi connectivity index (χ1) is 18.4. The summed E-state index contributed by atoms with van der Waals surface area (Å²) >= 11 is 0. The summed E-state index contributed by atoms with van der Waals surface area (Å²) in [6.45, 7) is 3.95. The Balaban J connectivity index is 1.23. The van der Waals surface area contributed by atoms with Crippen molar-refractivity contribution in [1.82, 2.24) is 10.1 Å². The minimum atomic E-state index is -0.737. The molecule has 1 fully saturated rings. The van der Waals surface area contributed by atoms with Crippen LogP contribution in [0.25, 0.3) is 33.6 Å². The number of rotatable bonds is 7. The fourth-order valence-corrected chi connectivity index (χ4v) is 4.79. The molecule has 2 N–H and O–H groups in total. The fraction of sp³-hybridized carbons (Fsp3) is 0.156. The van der Waals surface area contributed by atoms with Gasteiger partial charge in [-0.05, 0) is 55.5 Å². The molecule has 6 nitrogen and oxygen atoms in total. The van der Waals surface area contributed by atoms with Crippen molar-refractivity contribution in [3.63, 3.8) is 0 Å². The summed E-state index contributed by atoms with van der Waals surface area (Å²) in [6, 6.07) is 30.2. The first-order valence-electron chi connectivity index (χ1n) is 12.7. The molecule has 3 aromatic carbocycles. The SMILES string of the molecule is Cc1ccc(-c2cccc(Nc3c(-c4ccc(-c5ccc(C6(C(=O)O)CC6)cc5)cc4)noc3C)n2)cc1. The summed E-state index contributed by atoms with van der Waals surface area (Å²) < 4.78 is 5.55. The quantitative estimate of drug-likeness (QED) is 0.239. The highest BCUT2D eigenvalue weighted by molar-refractivity contribution is 5.85. The number of benzene rings is 3. The molecule has 0 atom stereocenters. The van der Waals surface area contributed by atoms with Gasteiger partial charge in [0.15, 0.2) is 5.76 Å². The molecule has 0 unspecified atom stereocenters. The highest BCUT2D eigenvalue weighted by atomic mass is 16.5. The standard InChI is InChI=1S/C32H27N3O3/c1-20-6-8-24(9-7-20)27-4-3-5-28(33-27)34-29-21(2)38-35-30(29)25-12-10-22(11-13-25)23-14-16-26(17-15-23)32(18-19-32)31(36)37/h3-17H,18-19H2,1-2H3,(H,33,34)(H,36,37). The number of nitrogens with zero attached hydrogens (tertiary/aromatic N) is 2. The van der Waals surface area contributed by atoms with Gasteiger partial charge in [-0.3, -0.25) is 4.79 Å². The Morgan fingerprint density at radius 3 is 2.05 bits per heavy atom. The molecule has 188 valence electrons. The highest BCUT2D eigenvalue weighted by Gasteiger charge is 2.51. The van der Waals surface area contributed by atoms with E-state index in [0.717, 1.165) is 39.2 Å². The minimum Gasteiger partial charge on any atom is -0.481 e. The Bertz CT molecular complexity index is 1610. The van der Waals surface area contributed by atoms with E-state index in [4.69, 9.17) is 9.51 Å². The zero-order chi connectivity index (χ0) is 26.3. The number of anilines is 2. The Kier molecular flexibility index (Phi) is 5.80. The summed E-state index contributed by atoms with van der Waals surface area (Å²) in [6.07, 6.45) is 1.41. The van der Waals surface area contributed by atoms with Crippen molar-refractivity contribution in [1.29, 1.82) is 0 Å². The summed E-state index contributed by atoms with van der Waals surface area (Å²) in [5.41, 5.74) is 7.82. The molecule has 38 heavy (non-hydrogen) atoms. The number of carboxylic acids is 1. The second-order valence-corrected chi connectivity index (χ2v) is 9.90. The lowest BCUT2D eigenvalue weighted by atomic mass is 9.93. The molecule has 0 saturated heterocycles.